The highest BCUT2D eigenvalue weighted by molar-refractivity contribution is 7.89. The molecule has 1 aliphatic rings. The summed E-state index contributed by atoms with van der Waals surface area (Å²) in [6.07, 6.45) is 3.98. The molecule has 2 N–H and O–H groups in total. The molecular formula is C17H27N3O5S. The van der Waals surface area contributed by atoms with E-state index in [1.807, 2.05) is 0 Å². The SMILES string of the molecule is CCOC(=O)c1c(S(=O)(=O)NCC(=O)NC2CCCC2)c(C)n(C)c1C. The summed E-state index contributed by atoms with van der Waals surface area (Å²) in [4.78, 5) is 24.1. The molecule has 2 rings (SSSR count). The van der Waals surface area contributed by atoms with E-state index in [9.17, 15) is 18.0 Å². The number of aromatic nitrogens is 1. The minimum absolute atomic E-state index is 0.00977. The van der Waals surface area contributed by atoms with Crippen LogP contribution in [0, 0.1) is 13.8 Å². The molecule has 0 aromatic carbocycles. The Morgan fingerprint density at radius 2 is 1.81 bits per heavy atom. The highest BCUT2D eigenvalue weighted by Gasteiger charge is 2.31. The molecule has 0 unspecified atom stereocenters. The van der Waals surface area contributed by atoms with Crippen molar-refractivity contribution in [3.8, 4) is 0 Å². The number of hydrogen-bond acceptors (Lipinski definition) is 5. The lowest BCUT2D eigenvalue weighted by Gasteiger charge is -2.13. The van der Waals surface area contributed by atoms with Gasteiger partial charge in [-0.2, -0.15) is 0 Å². The summed E-state index contributed by atoms with van der Waals surface area (Å²) in [6, 6.07) is 0.114. The van der Waals surface area contributed by atoms with Gasteiger partial charge >= 0.3 is 5.97 Å². The molecule has 8 nitrogen and oxygen atoms in total. The molecule has 1 saturated carbocycles. The molecule has 1 heterocycles. The second kappa shape index (κ2) is 8.22. The Morgan fingerprint density at radius 3 is 2.38 bits per heavy atom. The first-order valence-corrected chi connectivity index (χ1v) is 10.3. The van der Waals surface area contributed by atoms with Crippen molar-refractivity contribution >= 4 is 21.9 Å². The van der Waals surface area contributed by atoms with E-state index in [2.05, 4.69) is 10.0 Å². The van der Waals surface area contributed by atoms with Crippen molar-refractivity contribution in [2.75, 3.05) is 13.2 Å². The van der Waals surface area contributed by atoms with Gasteiger partial charge in [-0.15, -0.1) is 0 Å². The number of carbonyl (C=O) groups excluding carboxylic acids is 2. The zero-order valence-electron chi connectivity index (χ0n) is 15.7. The van der Waals surface area contributed by atoms with Crippen LogP contribution in [0.15, 0.2) is 4.90 Å². The Kier molecular flexibility index (Phi) is 6.46. The second-order valence-electron chi connectivity index (χ2n) is 6.53. The first-order valence-electron chi connectivity index (χ1n) is 8.81. The van der Waals surface area contributed by atoms with Crippen molar-refractivity contribution in [3.63, 3.8) is 0 Å². The summed E-state index contributed by atoms with van der Waals surface area (Å²) in [5.41, 5.74) is 0.918. The summed E-state index contributed by atoms with van der Waals surface area (Å²) in [7, 11) is -2.37. The molecule has 1 fully saturated rings. The maximum Gasteiger partial charge on any atom is 0.341 e. The van der Waals surface area contributed by atoms with Gasteiger partial charge in [-0.3, -0.25) is 4.79 Å². The van der Waals surface area contributed by atoms with Gasteiger partial charge in [-0.05, 0) is 33.6 Å². The van der Waals surface area contributed by atoms with Crippen molar-refractivity contribution < 1.29 is 22.7 Å². The second-order valence-corrected chi connectivity index (χ2v) is 8.23. The number of esters is 1. The molecule has 146 valence electrons. The largest absolute Gasteiger partial charge is 0.462 e. The van der Waals surface area contributed by atoms with Crippen molar-refractivity contribution in [3.05, 3.63) is 17.0 Å². The first-order chi connectivity index (χ1) is 12.2. The van der Waals surface area contributed by atoms with Crippen LogP contribution < -0.4 is 10.0 Å². The number of rotatable bonds is 7. The van der Waals surface area contributed by atoms with Crippen LogP contribution in [0.25, 0.3) is 0 Å². The molecule has 1 aromatic rings. The Morgan fingerprint density at radius 1 is 1.19 bits per heavy atom. The number of carbonyl (C=O) groups is 2. The lowest BCUT2D eigenvalue weighted by Crippen LogP contribution is -2.41. The fourth-order valence-electron chi connectivity index (χ4n) is 3.27. The van der Waals surface area contributed by atoms with Crippen LogP contribution in [0.2, 0.25) is 0 Å². The van der Waals surface area contributed by atoms with Gasteiger partial charge in [0.1, 0.15) is 10.5 Å². The molecule has 9 heteroatoms. The van der Waals surface area contributed by atoms with Crippen LogP contribution in [0.4, 0.5) is 0 Å². The predicted molar refractivity (Wildman–Crippen MR) is 96.4 cm³/mol. The van der Waals surface area contributed by atoms with Gasteiger partial charge < -0.3 is 14.6 Å². The summed E-state index contributed by atoms with van der Waals surface area (Å²) in [6.45, 7) is 4.70. The van der Waals surface area contributed by atoms with Gasteiger partial charge in [0.05, 0.1) is 13.2 Å². The fraction of sp³-hybridized carbons (Fsp3) is 0.647. The van der Waals surface area contributed by atoms with Gasteiger partial charge in [-0.1, -0.05) is 12.8 Å². The summed E-state index contributed by atoms with van der Waals surface area (Å²) in [5, 5.41) is 2.83. The van der Waals surface area contributed by atoms with Crippen LogP contribution in [-0.2, 0) is 26.6 Å². The van der Waals surface area contributed by atoms with Crippen molar-refractivity contribution in [2.24, 2.45) is 7.05 Å². The van der Waals surface area contributed by atoms with Crippen LogP contribution in [-0.4, -0.2) is 44.1 Å². The highest BCUT2D eigenvalue weighted by atomic mass is 32.2. The zero-order valence-corrected chi connectivity index (χ0v) is 16.5. The smallest absolute Gasteiger partial charge is 0.341 e. The van der Waals surface area contributed by atoms with E-state index in [1.54, 1.807) is 32.4 Å². The molecular weight excluding hydrogens is 358 g/mol. The summed E-state index contributed by atoms with van der Waals surface area (Å²) in [5.74, 6) is -1.06. The third-order valence-electron chi connectivity index (χ3n) is 4.82. The maximum atomic E-state index is 12.8. The van der Waals surface area contributed by atoms with E-state index in [1.165, 1.54) is 0 Å². The minimum atomic E-state index is -4.05. The zero-order chi connectivity index (χ0) is 19.5. The first kappa shape index (κ1) is 20.4. The van der Waals surface area contributed by atoms with E-state index >= 15 is 0 Å². The van der Waals surface area contributed by atoms with Gasteiger partial charge in [-0.25, -0.2) is 17.9 Å². The molecule has 0 aliphatic heterocycles. The minimum Gasteiger partial charge on any atom is -0.462 e. The average Bonchev–Trinajstić information content (AvgIpc) is 3.16. The molecule has 1 aromatic heterocycles. The molecule has 0 radical (unpaired) electrons. The number of nitrogens with one attached hydrogen (secondary N) is 2. The Bertz CT molecular complexity index is 792. The lowest BCUT2D eigenvalue weighted by molar-refractivity contribution is -0.120. The Balaban J connectivity index is 2.21. The molecule has 1 aliphatic carbocycles. The molecule has 1 amide bonds. The quantitative estimate of drug-likeness (QED) is 0.685. The Labute approximate surface area is 154 Å². The van der Waals surface area contributed by atoms with E-state index in [0.717, 1.165) is 25.7 Å². The van der Waals surface area contributed by atoms with Gasteiger partial charge in [0.15, 0.2) is 0 Å². The molecule has 0 atom stereocenters. The predicted octanol–water partition coefficient (Wildman–Crippen LogP) is 1.16. The summed E-state index contributed by atoms with van der Waals surface area (Å²) < 4.78 is 34.5. The molecule has 0 bridgehead atoms. The number of ether oxygens (including phenoxy) is 1. The van der Waals surface area contributed by atoms with Crippen LogP contribution in [0.1, 0.15) is 54.4 Å². The van der Waals surface area contributed by atoms with Crippen molar-refractivity contribution in [1.82, 2.24) is 14.6 Å². The normalized spacial score (nSPS) is 15.2. The maximum absolute atomic E-state index is 12.8. The standard InChI is InChI=1S/C17H27N3O5S/c1-5-25-17(22)15-11(2)20(4)12(3)16(15)26(23,24)18-10-14(21)19-13-8-6-7-9-13/h13,18H,5-10H2,1-4H3,(H,19,21). The van der Waals surface area contributed by atoms with E-state index in [4.69, 9.17) is 4.74 Å². The van der Waals surface area contributed by atoms with Crippen molar-refractivity contribution in [1.29, 1.82) is 0 Å². The monoisotopic (exact) mass is 385 g/mol. The average molecular weight is 385 g/mol. The van der Waals surface area contributed by atoms with Crippen molar-refractivity contribution in [2.45, 2.75) is 57.4 Å². The molecule has 26 heavy (non-hydrogen) atoms. The highest BCUT2D eigenvalue weighted by Crippen LogP contribution is 2.26. The van der Waals surface area contributed by atoms with Gasteiger partial charge in [0.25, 0.3) is 0 Å². The Hall–Kier alpha value is -1.87. The number of hydrogen-bond donors (Lipinski definition) is 2. The van der Waals surface area contributed by atoms with Gasteiger partial charge in [0, 0.05) is 24.5 Å². The van der Waals surface area contributed by atoms with Crippen LogP contribution >= 0.6 is 0 Å². The number of sulfonamides is 1. The third kappa shape index (κ3) is 4.27. The summed E-state index contributed by atoms with van der Waals surface area (Å²) >= 11 is 0. The van der Waals surface area contributed by atoms with E-state index < -0.39 is 16.0 Å². The third-order valence-corrected chi connectivity index (χ3v) is 6.38. The fourth-order valence-corrected chi connectivity index (χ4v) is 4.76. The van der Waals surface area contributed by atoms with Crippen LogP contribution in [0.5, 0.6) is 0 Å². The molecule has 0 saturated heterocycles. The van der Waals surface area contributed by atoms with Gasteiger partial charge in [0.2, 0.25) is 15.9 Å². The topological polar surface area (TPSA) is 106 Å². The number of amides is 1. The lowest BCUT2D eigenvalue weighted by atomic mass is 10.2. The van der Waals surface area contributed by atoms with Crippen LogP contribution in [0.3, 0.4) is 0 Å². The molecule has 0 spiro atoms. The van der Waals surface area contributed by atoms with E-state index in [-0.39, 0.29) is 35.6 Å². The van der Waals surface area contributed by atoms with E-state index in [0.29, 0.717) is 11.4 Å². The number of nitrogens with zero attached hydrogens (tertiary/aromatic N) is 1.